The highest BCUT2D eigenvalue weighted by molar-refractivity contribution is 5.84. The van der Waals surface area contributed by atoms with E-state index in [1.54, 1.807) is 12.1 Å². The summed E-state index contributed by atoms with van der Waals surface area (Å²) in [5.74, 6) is 0.862. The number of benzene rings is 1. The van der Waals surface area contributed by atoms with Crippen LogP contribution in [0.3, 0.4) is 0 Å². The van der Waals surface area contributed by atoms with Crippen LogP contribution in [-0.2, 0) is 11.3 Å². The SMILES string of the molecule is C[C@H](N)C(=O)NNC(=O)NCc1ccc2c(c1)OCO2. The first-order valence-corrected chi connectivity index (χ1v) is 6.04. The number of carbonyl (C=O) groups is 2. The van der Waals surface area contributed by atoms with Gasteiger partial charge in [0.1, 0.15) is 0 Å². The molecule has 0 saturated heterocycles. The van der Waals surface area contributed by atoms with Crippen molar-refractivity contribution in [2.45, 2.75) is 19.5 Å². The van der Waals surface area contributed by atoms with Crippen LogP contribution in [0.15, 0.2) is 18.2 Å². The molecule has 1 heterocycles. The number of amides is 3. The first kappa shape index (κ1) is 13.9. The summed E-state index contributed by atoms with van der Waals surface area (Å²) in [6.45, 7) is 2.01. The summed E-state index contributed by atoms with van der Waals surface area (Å²) >= 11 is 0. The number of fused-ring (bicyclic) bond motifs is 1. The zero-order chi connectivity index (χ0) is 14.5. The third-order valence-corrected chi connectivity index (χ3v) is 2.60. The van der Waals surface area contributed by atoms with E-state index in [1.807, 2.05) is 6.07 Å². The Morgan fingerprint density at radius 2 is 2.05 bits per heavy atom. The van der Waals surface area contributed by atoms with Crippen molar-refractivity contribution >= 4 is 11.9 Å². The van der Waals surface area contributed by atoms with Crippen LogP contribution in [0.2, 0.25) is 0 Å². The molecular weight excluding hydrogens is 264 g/mol. The van der Waals surface area contributed by atoms with E-state index in [0.29, 0.717) is 11.5 Å². The molecule has 8 nitrogen and oxygen atoms in total. The maximum Gasteiger partial charge on any atom is 0.333 e. The summed E-state index contributed by atoms with van der Waals surface area (Å²) in [6.07, 6.45) is 0. The molecule has 2 rings (SSSR count). The normalized spacial score (nSPS) is 13.5. The first-order chi connectivity index (χ1) is 9.56. The van der Waals surface area contributed by atoms with Crippen LogP contribution in [-0.4, -0.2) is 24.8 Å². The van der Waals surface area contributed by atoms with Gasteiger partial charge in [0.05, 0.1) is 6.04 Å². The van der Waals surface area contributed by atoms with Gasteiger partial charge in [0, 0.05) is 6.54 Å². The predicted octanol–water partition coefficient (Wildman–Crippen LogP) is -0.407. The van der Waals surface area contributed by atoms with Crippen molar-refractivity contribution < 1.29 is 19.1 Å². The van der Waals surface area contributed by atoms with Gasteiger partial charge in [0.15, 0.2) is 11.5 Å². The molecule has 1 aliphatic rings. The molecule has 108 valence electrons. The van der Waals surface area contributed by atoms with E-state index in [9.17, 15) is 9.59 Å². The van der Waals surface area contributed by atoms with Crippen LogP contribution >= 0.6 is 0 Å². The third kappa shape index (κ3) is 3.51. The maximum absolute atomic E-state index is 11.4. The van der Waals surface area contributed by atoms with Crippen LogP contribution in [0.5, 0.6) is 11.5 Å². The first-order valence-electron chi connectivity index (χ1n) is 6.04. The second kappa shape index (κ2) is 6.11. The van der Waals surface area contributed by atoms with Gasteiger partial charge in [0.25, 0.3) is 5.91 Å². The van der Waals surface area contributed by atoms with E-state index in [1.165, 1.54) is 6.92 Å². The Kier molecular flexibility index (Phi) is 4.26. The lowest BCUT2D eigenvalue weighted by molar-refractivity contribution is -0.122. The number of carbonyl (C=O) groups excluding carboxylic acids is 2. The number of rotatable bonds is 3. The Balaban J connectivity index is 1.77. The molecule has 8 heteroatoms. The smallest absolute Gasteiger partial charge is 0.333 e. The largest absolute Gasteiger partial charge is 0.454 e. The number of nitrogens with one attached hydrogen (secondary N) is 3. The van der Waals surface area contributed by atoms with E-state index in [0.717, 1.165) is 5.56 Å². The van der Waals surface area contributed by atoms with Crippen LogP contribution in [0, 0.1) is 0 Å². The zero-order valence-corrected chi connectivity index (χ0v) is 10.9. The van der Waals surface area contributed by atoms with Crippen molar-refractivity contribution in [3.63, 3.8) is 0 Å². The standard InChI is InChI=1S/C12H16N4O4/c1-7(13)11(17)15-16-12(18)14-5-8-2-3-9-10(4-8)20-6-19-9/h2-4,7H,5-6,13H2,1H3,(H,15,17)(H2,14,16,18)/t7-/m0/s1. The molecule has 1 aromatic carbocycles. The number of hydrogen-bond acceptors (Lipinski definition) is 5. The van der Waals surface area contributed by atoms with Gasteiger partial charge in [-0.25, -0.2) is 10.2 Å². The Labute approximate surface area is 115 Å². The summed E-state index contributed by atoms with van der Waals surface area (Å²) in [6, 6.07) is 4.15. The minimum Gasteiger partial charge on any atom is -0.454 e. The van der Waals surface area contributed by atoms with E-state index >= 15 is 0 Å². The highest BCUT2D eigenvalue weighted by Gasteiger charge is 2.13. The fourth-order valence-electron chi connectivity index (χ4n) is 1.51. The van der Waals surface area contributed by atoms with E-state index in [-0.39, 0.29) is 13.3 Å². The predicted molar refractivity (Wildman–Crippen MR) is 69.7 cm³/mol. The van der Waals surface area contributed by atoms with E-state index in [4.69, 9.17) is 15.2 Å². The topological polar surface area (TPSA) is 115 Å². The molecule has 1 atom stereocenters. The Bertz CT molecular complexity index is 518. The second-order valence-corrected chi connectivity index (χ2v) is 4.27. The van der Waals surface area contributed by atoms with Crippen molar-refractivity contribution in [3.8, 4) is 11.5 Å². The second-order valence-electron chi connectivity index (χ2n) is 4.27. The molecule has 0 saturated carbocycles. The molecule has 0 bridgehead atoms. The molecule has 0 aliphatic carbocycles. The molecule has 1 aliphatic heterocycles. The van der Waals surface area contributed by atoms with Crippen LogP contribution in [0.1, 0.15) is 12.5 Å². The van der Waals surface area contributed by atoms with Crippen molar-refractivity contribution in [3.05, 3.63) is 23.8 Å². The molecule has 20 heavy (non-hydrogen) atoms. The quantitative estimate of drug-likeness (QED) is 0.562. The van der Waals surface area contributed by atoms with Crippen molar-refractivity contribution in [2.75, 3.05) is 6.79 Å². The van der Waals surface area contributed by atoms with E-state index < -0.39 is 18.0 Å². The lowest BCUT2D eigenvalue weighted by Gasteiger charge is -2.10. The highest BCUT2D eigenvalue weighted by Crippen LogP contribution is 2.32. The molecular formula is C12H16N4O4. The number of hydrogen-bond donors (Lipinski definition) is 4. The molecule has 0 aromatic heterocycles. The van der Waals surface area contributed by atoms with Crippen LogP contribution in [0.25, 0.3) is 0 Å². The fourth-order valence-corrected chi connectivity index (χ4v) is 1.51. The summed E-state index contributed by atoms with van der Waals surface area (Å²) in [4.78, 5) is 22.6. The lowest BCUT2D eigenvalue weighted by Crippen LogP contribution is -2.51. The molecule has 5 N–H and O–H groups in total. The lowest BCUT2D eigenvalue weighted by atomic mass is 10.2. The molecule has 0 fully saturated rings. The maximum atomic E-state index is 11.4. The van der Waals surface area contributed by atoms with Gasteiger partial charge < -0.3 is 20.5 Å². The molecule has 0 unspecified atom stereocenters. The summed E-state index contributed by atoms with van der Waals surface area (Å²) in [7, 11) is 0. The zero-order valence-electron chi connectivity index (χ0n) is 10.9. The number of hydrazine groups is 1. The molecule has 1 aromatic rings. The van der Waals surface area contributed by atoms with Crippen LogP contribution in [0.4, 0.5) is 4.79 Å². The average Bonchev–Trinajstić information content (AvgIpc) is 2.89. The highest BCUT2D eigenvalue weighted by atomic mass is 16.7. The summed E-state index contributed by atoms with van der Waals surface area (Å²) in [5.41, 5.74) is 10.6. The van der Waals surface area contributed by atoms with Gasteiger partial charge in [-0.3, -0.25) is 10.2 Å². The van der Waals surface area contributed by atoms with Gasteiger partial charge in [-0.2, -0.15) is 0 Å². The third-order valence-electron chi connectivity index (χ3n) is 2.60. The van der Waals surface area contributed by atoms with Crippen molar-refractivity contribution in [1.29, 1.82) is 0 Å². The van der Waals surface area contributed by atoms with Crippen LogP contribution < -0.4 is 31.4 Å². The van der Waals surface area contributed by atoms with Gasteiger partial charge in [-0.15, -0.1) is 0 Å². The minimum absolute atomic E-state index is 0.204. The molecule has 0 radical (unpaired) electrons. The Hall–Kier alpha value is -2.48. The summed E-state index contributed by atoms with van der Waals surface area (Å²) < 4.78 is 10.4. The van der Waals surface area contributed by atoms with Gasteiger partial charge in [0.2, 0.25) is 6.79 Å². The van der Waals surface area contributed by atoms with Gasteiger partial charge in [-0.1, -0.05) is 6.07 Å². The summed E-state index contributed by atoms with van der Waals surface area (Å²) in [5, 5.41) is 2.58. The molecule has 0 spiro atoms. The van der Waals surface area contributed by atoms with Gasteiger partial charge >= 0.3 is 6.03 Å². The monoisotopic (exact) mass is 280 g/mol. The van der Waals surface area contributed by atoms with Crippen molar-refractivity contribution in [1.82, 2.24) is 16.2 Å². The number of nitrogens with two attached hydrogens (primary N) is 1. The average molecular weight is 280 g/mol. The minimum atomic E-state index is -0.691. The Morgan fingerprint density at radius 1 is 1.30 bits per heavy atom. The number of urea groups is 1. The molecule has 3 amide bonds. The van der Waals surface area contributed by atoms with Gasteiger partial charge in [-0.05, 0) is 24.6 Å². The Morgan fingerprint density at radius 3 is 2.80 bits per heavy atom. The van der Waals surface area contributed by atoms with Crippen molar-refractivity contribution in [2.24, 2.45) is 5.73 Å². The van der Waals surface area contributed by atoms with E-state index in [2.05, 4.69) is 16.2 Å². The number of ether oxygens (including phenoxy) is 2. The fraction of sp³-hybridized carbons (Fsp3) is 0.333.